The van der Waals surface area contributed by atoms with Crippen LogP contribution in [0.1, 0.15) is 98.4 Å². The second-order valence-corrected chi connectivity index (χ2v) is 29.9. The Morgan fingerprint density at radius 1 is 0.379 bits per heavy atom. The number of rotatable bonds is 39. The highest BCUT2D eigenvalue weighted by Crippen LogP contribution is 2.29. The molecule has 33 nitrogen and oxygen atoms in total. The van der Waals surface area contributed by atoms with E-state index < -0.39 is 119 Å². The summed E-state index contributed by atoms with van der Waals surface area (Å²) in [7, 11) is 0. The van der Waals surface area contributed by atoms with E-state index in [9.17, 15) is 19.2 Å². The van der Waals surface area contributed by atoms with Crippen molar-refractivity contribution in [1.82, 2.24) is 82.6 Å². The molecule has 5 aromatic heterocycles. The molecule has 2 aliphatic heterocycles. The number of aromatic nitrogens is 5. The van der Waals surface area contributed by atoms with E-state index in [1.54, 1.807) is 31.0 Å². The zero-order valence-electron chi connectivity index (χ0n) is 64.4. The second-order valence-electron chi connectivity index (χ2n) is 29.9. The smallest absolute Gasteiger partial charge is 0.246 e. The van der Waals surface area contributed by atoms with Gasteiger partial charge in [-0.2, -0.15) is 0 Å². The molecule has 0 saturated carbocycles. The molecule has 0 aliphatic carbocycles. The van der Waals surface area contributed by atoms with Gasteiger partial charge in [0.05, 0.1) is 6.04 Å². The van der Waals surface area contributed by atoms with Crippen molar-refractivity contribution in [1.29, 1.82) is 10.8 Å². The Morgan fingerprint density at radius 2 is 0.681 bits per heavy atom. The molecular weight excluding hydrogens is 1480 g/mol. The van der Waals surface area contributed by atoms with E-state index in [4.69, 9.17) is 39.5 Å². The number of primary amides is 1. The molecule has 5 aromatic carbocycles. The van der Waals surface area contributed by atoms with Crippen LogP contribution in [0.4, 0.5) is 0 Å². The zero-order valence-corrected chi connectivity index (χ0v) is 64.4. The lowest BCUT2D eigenvalue weighted by molar-refractivity contribution is -0.143. The monoisotopic (exact) mass is 1580 g/mol. The lowest BCUT2D eigenvalue weighted by Crippen LogP contribution is -2.61. The Hall–Kier alpha value is -13.0. The molecule has 0 unspecified atom stereocenters. The number of likely N-dealkylation sites (tertiary alicyclic amines) is 2. The third-order valence-corrected chi connectivity index (χ3v) is 21.9. The van der Waals surface area contributed by atoms with E-state index in [0.29, 0.717) is 54.5 Å². The number of para-hydroxylation sites is 5. The van der Waals surface area contributed by atoms with Crippen molar-refractivity contribution in [2.75, 3.05) is 32.7 Å². The molecule has 2 saturated heterocycles. The molecule has 10 atom stereocenters. The van der Waals surface area contributed by atoms with Gasteiger partial charge in [-0.05, 0) is 142 Å². The third kappa shape index (κ3) is 20.5. The molecule has 0 bridgehead atoms. The highest BCUT2D eigenvalue weighted by atomic mass is 16.2. The van der Waals surface area contributed by atoms with E-state index >= 15 is 28.8 Å². The number of guanidine groups is 2. The van der Waals surface area contributed by atoms with Crippen molar-refractivity contribution in [3.63, 3.8) is 0 Å². The first-order chi connectivity index (χ1) is 56.1. The number of fused-ring (bicyclic) bond motifs is 5. The van der Waals surface area contributed by atoms with Gasteiger partial charge in [0.2, 0.25) is 59.1 Å². The van der Waals surface area contributed by atoms with Crippen molar-refractivity contribution in [3.8, 4) is 0 Å². The average Bonchev–Trinajstić information content (AvgIpc) is 1.63. The van der Waals surface area contributed by atoms with Crippen LogP contribution in [0.3, 0.4) is 0 Å². The summed E-state index contributed by atoms with van der Waals surface area (Å²) in [5, 5.41) is 44.8. The number of H-pyrrole nitrogens is 5. The number of carbonyl (C=O) groups is 10. The topological polar surface area (TPSA) is 542 Å². The van der Waals surface area contributed by atoms with Gasteiger partial charge in [0, 0.05) is 137 Å². The van der Waals surface area contributed by atoms with Gasteiger partial charge in [0.15, 0.2) is 11.9 Å². The van der Waals surface area contributed by atoms with Gasteiger partial charge in [-0.25, -0.2) is 0 Å². The number of amides is 10. The van der Waals surface area contributed by atoms with Crippen LogP contribution in [0.25, 0.3) is 54.5 Å². The molecule has 10 amide bonds. The number of aromatic amines is 5. The summed E-state index contributed by atoms with van der Waals surface area (Å²) in [5.74, 6) is -7.69. The molecule has 0 radical (unpaired) electrons. The van der Waals surface area contributed by atoms with E-state index in [1.807, 2.05) is 121 Å². The maximum Gasteiger partial charge on any atom is 0.246 e. The number of unbranched alkanes of at least 4 members (excludes halogenated alkanes) is 1. The molecule has 10 aromatic rings. The first kappa shape index (κ1) is 82.4. The number of benzene rings is 5. The van der Waals surface area contributed by atoms with Crippen LogP contribution in [0.2, 0.25) is 0 Å². The maximum atomic E-state index is 15.9. The molecule has 2 fully saturated rings. The van der Waals surface area contributed by atoms with E-state index in [0.717, 1.165) is 60.1 Å². The van der Waals surface area contributed by atoms with Gasteiger partial charge in [0.25, 0.3) is 0 Å². The molecule has 610 valence electrons. The highest BCUT2D eigenvalue weighted by Gasteiger charge is 2.44. The van der Waals surface area contributed by atoms with Gasteiger partial charge >= 0.3 is 0 Å². The second kappa shape index (κ2) is 38.7. The van der Waals surface area contributed by atoms with Crippen molar-refractivity contribution >= 4 is 126 Å². The van der Waals surface area contributed by atoms with Gasteiger partial charge in [-0.15, -0.1) is 0 Å². The lowest BCUT2D eigenvalue weighted by atomic mass is 10.00. The fraction of sp³-hybridized carbons (Fsp3) is 0.373. The molecular formula is C83H103N23O10. The summed E-state index contributed by atoms with van der Waals surface area (Å²) in [6, 6.07) is 24.7. The summed E-state index contributed by atoms with van der Waals surface area (Å²) in [5.41, 5.74) is 36.6. The molecule has 0 spiro atoms. The SMILES string of the molecule is N=C(N)NCCC[C@H](NC(=O)[C@H](CCCNC(=N)N)NC(=O)[C@H](Cc1c[nH]c2ccccc12)NC(=O)[C@@H]1CCCN1C(=O)[C@H](Cc1c[nH]c2ccccc12)NC(=O)[C@H](Cc1c[nH]c2ccccc12)NC(=O)[C@@H]1CCCN1C(=O)[C@H](Cc1c[nH]c2ccccc12)NC(=O)[C@H](CCCCN)NC(=O)[C@@H](N)Cc1c[nH]c2ccccc12)C(N)=O. The van der Waals surface area contributed by atoms with E-state index in [-0.39, 0.29) is 115 Å². The summed E-state index contributed by atoms with van der Waals surface area (Å²) in [6.45, 7) is 0.790. The highest BCUT2D eigenvalue weighted by molar-refractivity contribution is 6.01. The summed E-state index contributed by atoms with van der Waals surface area (Å²) >= 11 is 0. The normalized spacial score (nSPS) is 16.2. The minimum atomic E-state index is -1.42. The van der Waals surface area contributed by atoms with Gasteiger partial charge in [-0.3, -0.25) is 58.8 Å². The summed E-state index contributed by atoms with van der Waals surface area (Å²) in [6.07, 6.45) is 11.2. The molecule has 26 N–H and O–H groups in total. The van der Waals surface area contributed by atoms with Gasteiger partial charge in [-0.1, -0.05) is 91.0 Å². The summed E-state index contributed by atoms with van der Waals surface area (Å²) in [4.78, 5) is 168. The minimum absolute atomic E-state index is 0.0310. The Labute approximate surface area is 668 Å². The predicted octanol–water partition coefficient (Wildman–Crippen LogP) is 2.45. The average molecular weight is 1580 g/mol. The fourth-order valence-electron chi connectivity index (χ4n) is 15.8. The Bertz CT molecular complexity index is 5210. The van der Waals surface area contributed by atoms with Crippen LogP contribution in [0, 0.1) is 10.8 Å². The number of nitrogens with one attached hydrogen (secondary N) is 16. The van der Waals surface area contributed by atoms with Crippen molar-refractivity contribution in [3.05, 3.63) is 180 Å². The van der Waals surface area contributed by atoms with Gasteiger partial charge < -0.3 is 111 Å². The first-order valence-electron chi connectivity index (χ1n) is 39.5. The fourth-order valence-corrected chi connectivity index (χ4v) is 15.8. The molecule has 7 heterocycles. The maximum absolute atomic E-state index is 15.9. The Balaban J connectivity index is 0.811. The van der Waals surface area contributed by atoms with Crippen LogP contribution in [-0.4, -0.2) is 199 Å². The van der Waals surface area contributed by atoms with E-state index in [1.165, 1.54) is 9.80 Å². The predicted molar refractivity (Wildman–Crippen MR) is 441 cm³/mol. The standard InChI is InChI=1S/C83H103N23O10/c84-32-12-11-27-64(99-73(108)57(85)37-47-42-93-58-22-6-1-17-52(47)58)75(110)103-68(40-50-45-96-61-25-9-4-20-55(50)61)80(115)105-35-15-31-71(105)79(114)102-67(39-49-44-95-60-24-8-3-19-54(49)60)77(112)104-69(41-51-46-97-62-26-10-5-21-56(51)62)81(116)106-36-16-30-70(106)78(113)101-66(38-48-43-94-59-23-7-2-18-53(48)59)76(111)100-65(29-14-34-92-83(89)90)74(109)98-63(72(86)107)28-13-33-91-82(87)88/h1-10,17-26,42-46,57,63-71,93-97H,11-16,27-41,84-85H2,(H2,86,107)(H,98,109)(H,99,108)(H,100,111)(H,101,113)(H,102,114)(H,103,110)(H,104,112)(H4,87,88,91)(H4,89,90,92)/t57-,63-,64-,65-,66-,67-,68-,69-,70-,71-/m0/s1. The third-order valence-electron chi connectivity index (χ3n) is 21.9. The molecule has 33 heteroatoms. The summed E-state index contributed by atoms with van der Waals surface area (Å²) < 4.78 is 0. The zero-order chi connectivity index (χ0) is 81.9. The first-order valence-corrected chi connectivity index (χ1v) is 39.5. The quantitative estimate of drug-likeness (QED) is 0.0149. The minimum Gasteiger partial charge on any atom is -0.370 e. The van der Waals surface area contributed by atoms with Crippen molar-refractivity contribution < 1.29 is 47.9 Å². The largest absolute Gasteiger partial charge is 0.370 e. The van der Waals surface area contributed by atoms with Crippen LogP contribution in [-0.2, 0) is 80.0 Å². The molecule has 116 heavy (non-hydrogen) atoms. The van der Waals surface area contributed by atoms with Crippen LogP contribution in [0.15, 0.2) is 152 Å². The number of carbonyl (C=O) groups excluding carboxylic acids is 10. The van der Waals surface area contributed by atoms with Crippen LogP contribution < -0.4 is 76.5 Å². The van der Waals surface area contributed by atoms with Crippen molar-refractivity contribution in [2.24, 2.45) is 28.7 Å². The van der Waals surface area contributed by atoms with E-state index in [2.05, 4.69) is 72.8 Å². The molecule has 12 rings (SSSR count). The van der Waals surface area contributed by atoms with Crippen molar-refractivity contribution in [2.45, 2.75) is 163 Å². The van der Waals surface area contributed by atoms with Gasteiger partial charge in [0.1, 0.15) is 54.4 Å². The molecule has 2 aliphatic rings. The van der Waals surface area contributed by atoms with Crippen LogP contribution in [0.5, 0.6) is 0 Å². The van der Waals surface area contributed by atoms with Crippen LogP contribution >= 0.6 is 0 Å². The Morgan fingerprint density at radius 3 is 1.03 bits per heavy atom. The number of hydrogen-bond acceptors (Lipinski definition) is 14. The number of nitrogens with zero attached hydrogens (tertiary/aromatic N) is 2. The number of hydrogen-bond donors (Lipinski definition) is 21. The number of nitrogens with two attached hydrogens (primary N) is 5. The lowest BCUT2D eigenvalue weighted by Gasteiger charge is -2.32. The Kier molecular flexibility index (Phi) is 27.5.